The summed E-state index contributed by atoms with van der Waals surface area (Å²) in [6, 6.07) is 4.34. The average Bonchev–Trinajstić information content (AvgIpc) is 3.26. The number of nitrogens with zero attached hydrogens (tertiary/aromatic N) is 4. The Balaban J connectivity index is 0.00000261. The second-order valence-corrected chi connectivity index (χ2v) is 7.71. The lowest BCUT2D eigenvalue weighted by Gasteiger charge is -2.11. The maximum Gasteiger partial charge on any atom is 0.345 e. The lowest BCUT2D eigenvalue weighted by Crippen LogP contribution is -2.37. The van der Waals surface area contributed by atoms with E-state index in [4.69, 9.17) is 0 Å². The van der Waals surface area contributed by atoms with Crippen molar-refractivity contribution in [3.8, 4) is 0 Å². The van der Waals surface area contributed by atoms with Crippen LogP contribution in [-0.4, -0.2) is 33.9 Å². The molecule has 0 spiro atoms. The van der Waals surface area contributed by atoms with E-state index >= 15 is 0 Å². The minimum absolute atomic E-state index is 0. The zero-order chi connectivity index (χ0) is 18.4. The Morgan fingerprint density at radius 1 is 1.30 bits per heavy atom. The smallest absolute Gasteiger partial charge is 0.345 e. The highest BCUT2D eigenvalue weighted by Crippen LogP contribution is 2.16. The van der Waals surface area contributed by atoms with Crippen molar-refractivity contribution in [1.82, 2.24) is 25.0 Å². The molecule has 1 aliphatic heterocycles. The number of rotatable bonds is 7. The standard InChI is InChI=1S/C18H28N6OS.HI/c1-3-14-8-9-15(26-14)13-21-17(19-2)20-10-6-12-24-18(25)23-11-5-4-7-16(23)22-24;/h8-9H,3-7,10-13H2,1-2H3,(H2,19,20,21);1H. The van der Waals surface area contributed by atoms with Crippen LogP contribution in [0.15, 0.2) is 21.9 Å². The number of aliphatic imine (C=N–C) groups is 1. The molecule has 9 heteroatoms. The molecule has 0 bridgehead atoms. The minimum Gasteiger partial charge on any atom is -0.356 e. The van der Waals surface area contributed by atoms with Crippen molar-refractivity contribution < 1.29 is 0 Å². The van der Waals surface area contributed by atoms with Gasteiger partial charge >= 0.3 is 5.69 Å². The van der Waals surface area contributed by atoms with Crippen LogP contribution in [0.3, 0.4) is 0 Å². The van der Waals surface area contributed by atoms with E-state index in [0.29, 0.717) is 6.54 Å². The molecule has 0 fully saturated rings. The van der Waals surface area contributed by atoms with Crippen LogP contribution < -0.4 is 16.3 Å². The number of nitrogens with one attached hydrogen (secondary N) is 2. The third kappa shape index (κ3) is 5.81. The van der Waals surface area contributed by atoms with E-state index in [-0.39, 0.29) is 29.7 Å². The van der Waals surface area contributed by atoms with Crippen molar-refractivity contribution in [2.45, 2.75) is 58.7 Å². The number of aromatic nitrogens is 3. The topological polar surface area (TPSA) is 76.2 Å². The van der Waals surface area contributed by atoms with Crippen LogP contribution in [0.1, 0.15) is 41.8 Å². The molecule has 1 aliphatic rings. The van der Waals surface area contributed by atoms with Crippen LogP contribution in [0.2, 0.25) is 0 Å². The van der Waals surface area contributed by atoms with Gasteiger partial charge in [-0.2, -0.15) is 5.10 Å². The first-order chi connectivity index (χ1) is 12.7. The Hall–Kier alpha value is -1.36. The summed E-state index contributed by atoms with van der Waals surface area (Å²) in [7, 11) is 1.77. The molecule has 0 radical (unpaired) electrons. The number of fused-ring (bicyclic) bond motifs is 1. The molecule has 3 rings (SSSR count). The summed E-state index contributed by atoms with van der Waals surface area (Å²) < 4.78 is 3.43. The van der Waals surface area contributed by atoms with Gasteiger partial charge in [-0.05, 0) is 37.8 Å². The molecule has 150 valence electrons. The molecule has 0 unspecified atom stereocenters. The molecular weight excluding hydrogens is 475 g/mol. The highest BCUT2D eigenvalue weighted by atomic mass is 127. The third-order valence-electron chi connectivity index (χ3n) is 4.59. The van der Waals surface area contributed by atoms with Crippen LogP contribution >= 0.6 is 35.3 Å². The van der Waals surface area contributed by atoms with Crippen molar-refractivity contribution in [3.05, 3.63) is 38.2 Å². The summed E-state index contributed by atoms with van der Waals surface area (Å²) in [5.74, 6) is 1.72. The Labute approximate surface area is 181 Å². The maximum atomic E-state index is 12.3. The van der Waals surface area contributed by atoms with E-state index in [1.165, 1.54) is 9.75 Å². The number of hydrogen-bond donors (Lipinski definition) is 2. The van der Waals surface area contributed by atoms with Gasteiger partial charge in [0.25, 0.3) is 0 Å². The molecule has 0 aliphatic carbocycles. The average molecular weight is 504 g/mol. The molecule has 0 aromatic carbocycles. The first-order valence-corrected chi connectivity index (χ1v) is 10.2. The number of aryl methyl sites for hydroxylation is 3. The van der Waals surface area contributed by atoms with E-state index in [2.05, 4.69) is 39.8 Å². The van der Waals surface area contributed by atoms with E-state index in [9.17, 15) is 4.79 Å². The molecule has 2 aromatic rings. The summed E-state index contributed by atoms with van der Waals surface area (Å²) in [5, 5.41) is 11.1. The van der Waals surface area contributed by atoms with Crippen LogP contribution in [0, 0.1) is 0 Å². The quantitative estimate of drug-likeness (QED) is 0.263. The van der Waals surface area contributed by atoms with Crippen molar-refractivity contribution >= 4 is 41.3 Å². The van der Waals surface area contributed by atoms with Gasteiger partial charge in [-0.25, -0.2) is 9.48 Å². The highest BCUT2D eigenvalue weighted by molar-refractivity contribution is 14.0. The Morgan fingerprint density at radius 3 is 2.81 bits per heavy atom. The summed E-state index contributed by atoms with van der Waals surface area (Å²) >= 11 is 1.83. The molecule has 0 atom stereocenters. The molecular formula is C18H29IN6OS. The molecule has 2 N–H and O–H groups in total. The maximum absolute atomic E-state index is 12.3. The third-order valence-corrected chi connectivity index (χ3v) is 5.82. The summed E-state index contributed by atoms with van der Waals surface area (Å²) in [6.07, 6.45) is 5.03. The van der Waals surface area contributed by atoms with Crippen molar-refractivity contribution in [2.24, 2.45) is 4.99 Å². The van der Waals surface area contributed by atoms with Crippen LogP contribution in [0.4, 0.5) is 0 Å². The largest absolute Gasteiger partial charge is 0.356 e. The first-order valence-electron chi connectivity index (χ1n) is 9.40. The zero-order valence-corrected chi connectivity index (χ0v) is 19.2. The number of guanidine groups is 1. The fourth-order valence-corrected chi connectivity index (χ4v) is 4.03. The molecule has 0 amide bonds. The molecule has 0 saturated carbocycles. The van der Waals surface area contributed by atoms with Gasteiger partial charge in [-0.3, -0.25) is 9.56 Å². The molecule has 7 nitrogen and oxygen atoms in total. The Morgan fingerprint density at radius 2 is 2.11 bits per heavy atom. The van der Waals surface area contributed by atoms with E-state index in [1.54, 1.807) is 11.7 Å². The van der Waals surface area contributed by atoms with Gasteiger partial charge in [0.2, 0.25) is 0 Å². The first kappa shape index (κ1) is 21.9. The summed E-state index contributed by atoms with van der Waals surface area (Å²) in [5.41, 5.74) is 0.0339. The highest BCUT2D eigenvalue weighted by Gasteiger charge is 2.16. The van der Waals surface area contributed by atoms with Gasteiger partial charge in [0, 0.05) is 42.9 Å². The Bertz CT molecular complexity index is 809. The number of halogens is 1. The van der Waals surface area contributed by atoms with E-state index in [1.807, 2.05) is 15.9 Å². The predicted molar refractivity (Wildman–Crippen MR) is 121 cm³/mol. The minimum atomic E-state index is 0. The second-order valence-electron chi connectivity index (χ2n) is 6.46. The lowest BCUT2D eigenvalue weighted by molar-refractivity contribution is 0.509. The summed E-state index contributed by atoms with van der Waals surface area (Å²) in [4.78, 5) is 19.3. The van der Waals surface area contributed by atoms with Gasteiger partial charge in [-0.1, -0.05) is 6.92 Å². The zero-order valence-electron chi connectivity index (χ0n) is 16.0. The second kappa shape index (κ2) is 10.8. The normalized spacial score (nSPS) is 13.8. The van der Waals surface area contributed by atoms with Crippen molar-refractivity contribution in [2.75, 3.05) is 13.6 Å². The summed E-state index contributed by atoms with van der Waals surface area (Å²) in [6.45, 7) is 5.14. The van der Waals surface area contributed by atoms with Gasteiger partial charge in [0.1, 0.15) is 5.82 Å². The van der Waals surface area contributed by atoms with E-state index in [0.717, 1.165) is 63.5 Å². The van der Waals surface area contributed by atoms with Gasteiger partial charge in [0.05, 0.1) is 6.54 Å². The number of thiophene rings is 1. The van der Waals surface area contributed by atoms with E-state index < -0.39 is 0 Å². The number of hydrogen-bond acceptors (Lipinski definition) is 4. The monoisotopic (exact) mass is 504 g/mol. The SMILES string of the molecule is CCc1ccc(CNC(=NC)NCCCn2nc3n(c2=O)CCCC3)s1.I. The molecule has 27 heavy (non-hydrogen) atoms. The van der Waals surface area contributed by atoms with Gasteiger partial charge in [0.15, 0.2) is 5.96 Å². The molecule has 0 saturated heterocycles. The van der Waals surface area contributed by atoms with Crippen molar-refractivity contribution in [3.63, 3.8) is 0 Å². The van der Waals surface area contributed by atoms with Crippen LogP contribution in [-0.2, 0) is 32.5 Å². The lowest BCUT2D eigenvalue weighted by atomic mass is 10.2. The van der Waals surface area contributed by atoms with Crippen LogP contribution in [0.5, 0.6) is 0 Å². The Kier molecular flexibility index (Phi) is 8.81. The fourth-order valence-electron chi connectivity index (χ4n) is 3.13. The van der Waals surface area contributed by atoms with Crippen molar-refractivity contribution in [1.29, 1.82) is 0 Å². The van der Waals surface area contributed by atoms with Crippen LogP contribution in [0.25, 0.3) is 0 Å². The molecule has 2 aromatic heterocycles. The molecule has 3 heterocycles. The van der Waals surface area contributed by atoms with Gasteiger partial charge in [-0.15, -0.1) is 35.3 Å². The van der Waals surface area contributed by atoms with Gasteiger partial charge < -0.3 is 10.6 Å². The predicted octanol–water partition coefficient (Wildman–Crippen LogP) is 2.38. The fraction of sp³-hybridized carbons (Fsp3) is 0.611.